The van der Waals surface area contributed by atoms with Crippen LogP contribution < -0.4 is 15.6 Å². The molecule has 3 aromatic rings. The minimum Gasteiger partial charge on any atom is -0.457 e. The van der Waals surface area contributed by atoms with E-state index in [-0.39, 0.29) is 11.5 Å². The Hall–Kier alpha value is -3.41. The van der Waals surface area contributed by atoms with Crippen molar-refractivity contribution in [3.05, 3.63) is 88.1 Å². The minimum atomic E-state index is -0.445. The normalized spacial score (nSPS) is 12.6. The Balaban J connectivity index is 1.54. The number of ether oxygens (including phenoxy) is 1. The number of aromatic nitrogens is 2. The number of carbonyl (C=O) groups is 1. The topological polar surface area (TPSA) is 73.2 Å². The first-order chi connectivity index (χ1) is 13.1. The van der Waals surface area contributed by atoms with Gasteiger partial charge in [0.25, 0.3) is 5.56 Å². The van der Waals surface area contributed by atoms with Crippen molar-refractivity contribution in [2.24, 2.45) is 0 Å². The zero-order chi connectivity index (χ0) is 18.8. The third-order valence-electron chi connectivity index (χ3n) is 4.61. The molecule has 1 N–H and O–H groups in total. The van der Waals surface area contributed by atoms with E-state index >= 15 is 0 Å². The third-order valence-corrected chi connectivity index (χ3v) is 4.61. The van der Waals surface area contributed by atoms with Gasteiger partial charge in [0.2, 0.25) is 5.91 Å². The number of rotatable bonds is 4. The standard InChI is InChI=1S/C21H19N3O3/c1-14-12-19(25)24(13-23-14)11-10-22-21(26)20-15-6-2-4-8-17(15)27-18-9-5-3-7-16(18)20/h2-9,12-13,20H,10-11H2,1H3,(H,22,26). The second-order valence-corrected chi connectivity index (χ2v) is 6.46. The van der Waals surface area contributed by atoms with Crippen molar-refractivity contribution in [1.29, 1.82) is 0 Å². The molecular weight excluding hydrogens is 342 g/mol. The average Bonchev–Trinajstić information content (AvgIpc) is 2.67. The summed E-state index contributed by atoms with van der Waals surface area (Å²) in [6.07, 6.45) is 1.50. The van der Waals surface area contributed by atoms with Gasteiger partial charge in [0.15, 0.2) is 0 Å². The van der Waals surface area contributed by atoms with E-state index in [2.05, 4.69) is 10.3 Å². The van der Waals surface area contributed by atoms with Crippen LogP contribution in [0.25, 0.3) is 0 Å². The average molecular weight is 361 g/mol. The maximum atomic E-state index is 13.0. The second kappa shape index (κ2) is 7.07. The van der Waals surface area contributed by atoms with E-state index in [0.717, 1.165) is 11.1 Å². The van der Waals surface area contributed by atoms with Gasteiger partial charge in [0.1, 0.15) is 11.5 Å². The number of aryl methyl sites for hydroxylation is 1. The highest BCUT2D eigenvalue weighted by atomic mass is 16.5. The van der Waals surface area contributed by atoms with Crippen LogP contribution in [0.1, 0.15) is 22.7 Å². The Kier molecular flexibility index (Phi) is 4.46. The minimum absolute atomic E-state index is 0.119. The van der Waals surface area contributed by atoms with E-state index in [0.29, 0.717) is 30.3 Å². The molecule has 1 amide bonds. The molecule has 0 radical (unpaired) electrons. The molecule has 0 unspecified atom stereocenters. The summed E-state index contributed by atoms with van der Waals surface area (Å²) in [5, 5.41) is 2.94. The number of hydrogen-bond acceptors (Lipinski definition) is 4. The summed E-state index contributed by atoms with van der Waals surface area (Å²) < 4.78 is 7.41. The van der Waals surface area contributed by atoms with Crippen LogP contribution in [-0.4, -0.2) is 22.0 Å². The molecule has 1 aliphatic heterocycles. The van der Waals surface area contributed by atoms with Crippen LogP contribution in [0.15, 0.2) is 65.7 Å². The zero-order valence-corrected chi connectivity index (χ0v) is 14.9. The summed E-state index contributed by atoms with van der Waals surface area (Å²) in [6, 6.07) is 16.6. The molecule has 1 aliphatic rings. The Labute approximate surface area is 156 Å². The van der Waals surface area contributed by atoms with Crippen molar-refractivity contribution in [2.75, 3.05) is 6.54 Å². The molecular formula is C21H19N3O3. The number of carbonyl (C=O) groups excluding carboxylic acids is 1. The number of amides is 1. The highest BCUT2D eigenvalue weighted by Gasteiger charge is 2.32. The lowest BCUT2D eigenvalue weighted by atomic mass is 9.87. The first kappa shape index (κ1) is 17.0. The van der Waals surface area contributed by atoms with Gasteiger partial charge in [-0.3, -0.25) is 14.2 Å². The molecule has 0 atom stereocenters. The highest BCUT2D eigenvalue weighted by Crippen LogP contribution is 2.43. The van der Waals surface area contributed by atoms with Crippen molar-refractivity contribution in [3.63, 3.8) is 0 Å². The zero-order valence-electron chi connectivity index (χ0n) is 14.9. The SMILES string of the molecule is Cc1cc(=O)n(CCNC(=O)C2c3ccccc3Oc3ccccc32)cn1. The third kappa shape index (κ3) is 3.33. The molecule has 27 heavy (non-hydrogen) atoms. The fourth-order valence-electron chi connectivity index (χ4n) is 3.28. The number of hydrogen-bond donors (Lipinski definition) is 1. The number of para-hydroxylation sites is 2. The van der Waals surface area contributed by atoms with Crippen LogP contribution >= 0.6 is 0 Å². The first-order valence-corrected chi connectivity index (χ1v) is 8.80. The van der Waals surface area contributed by atoms with Gasteiger partial charge in [-0.15, -0.1) is 0 Å². The Morgan fingerprint density at radius 2 is 1.74 bits per heavy atom. The van der Waals surface area contributed by atoms with E-state index < -0.39 is 5.92 Å². The molecule has 0 saturated heterocycles. The lowest BCUT2D eigenvalue weighted by molar-refractivity contribution is -0.121. The fraction of sp³-hybridized carbons (Fsp3) is 0.190. The molecule has 0 saturated carbocycles. The summed E-state index contributed by atoms with van der Waals surface area (Å²) in [5.41, 5.74) is 2.22. The molecule has 136 valence electrons. The van der Waals surface area contributed by atoms with Crippen LogP contribution in [0.2, 0.25) is 0 Å². The lowest BCUT2D eigenvalue weighted by Gasteiger charge is -2.27. The molecule has 2 heterocycles. The van der Waals surface area contributed by atoms with Crippen LogP contribution in [0, 0.1) is 6.92 Å². The van der Waals surface area contributed by atoms with E-state index in [1.807, 2.05) is 48.5 Å². The number of nitrogens with one attached hydrogen (secondary N) is 1. The summed E-state index contributed by atoms with van der Waals surface area (Å²) in [6.45, 7) is 2.48. The number of nitrogens with zero attached hydrogens (tertiary/aromatic N) is 2. The maximum Gasteiger partial charge on any atom is 0.253 e. The Morgan fingerprint density at radius 3 is 2.37 bits per heavy atom. The van der Waals surface area contributed by atoms with Gasteiger partial charge in [-0.05, 0) is 19.1 Å². The molecule has 6 heteroatoms. The van der Waals surface area contributed by atoms with Gasteiger partial charge in [0, 0.05) is 36.0 Å². The van der Waals surface area contributed by atoms with E-state index in [1.165, 1.54) is 17.0 Å². The first-order valence-electron chi connectivity index (χ1n) is 8.80. The predicted molar refractivity (Wildman–Crippen MR) is 101 cm³/mol. The van der Waals surface area contributed by atoms with Crippen molar-refractivity contribution < 1.29 is 9.53 Å². The summed E-state index contributed by atoms with van der Waals surface area (Å²) in [7, 11) is 0. The molecule has 1 aromatic heterocycles. The number of fused-ring (bicyclic) bond motifs is 2. The van der Waals surface area contributed by atoms with Gasteiger partial charge in [-0.2, -0.15) is 0 Å². The molecule has 0 spiro atoms. The van der Waals surface area contributed by atoms with E-state index in [4.69, 9.17) is 4.74 Å². The van der Waals surface area contributed by atoms with Crippen LogP contribution in [0.3, 0.4) is 0 Å². The van der Waals surface area contributed by atoms with Crippen molar-refractivity contribution in [2.45, 2.75) is 19.4 Å². The monoisotopic (exact) mass is 361 g/mol. The summed E-state index contributed by atoms with van der Waals surface area (Å²) in [4.78, 5) is 29.0. The molecule has 0 aliphatic carbocycles. The summed E-state index contributed by atoms with van der Waals surface area (Å²) >= 11 is 0. The predicted octanol–water partition coefficient (Wildman–Crippen LogP) is 2.61. The van der Waals surface area contributed by atoms with E-state index in [9.17, 15) is 9.59 Å². The lowest BCUT2D eigenvalue weighted by Crippen LogP contribution is -2.35. The molecule has 6 nitrogen and oxygen atoms in total. The highest BCUT2D eigenvalue weighted by molar-refractivity contribution is 5.89. The maximum absolute atomic E-state index is 13.0. The Bertz CT molecular complexity index is 1010. The quantitative estimate of drug-likeness (QED) is 0.775. The van der Waals surface area contributed by atoms with Crippen molar-refractivity contribution in [3.8, 4) is 11.5 Å². The summed E-state index contributed by atoms with van der Waals surface area (Å²) in [5.74, 6) is 0.816. The number of benzene rings is 2. The molecule has 4 rings (SSSR count). The van der Waals surface area contributed by atoms with Crippen LogP contribution in [0.4, 0.5) is 0 Å². The largest absolute Gasteiger partial charge is 0.457 e. The van der Waals surface area contributed by atoms with Gasteiger partial charge in [-0.25, -0.2) is 4.98 Å². The van der Waals surface area contributed by atoms with Crippen molar-refractivity contribution >= 4 is 5.91 Å². The second-order valence-electron chi connectivity index (χ2n) is 6.46. The van der Waals surface area contributed by atoms with Crippen molar-refractivity contribution in [1.82, 2.24) is 14.9 Å². The fourth-order valence-corrected chi connectivity index (χ4v) is 3.28. The molecule has 0 fully saturated rings. The molecule has 0 bridgehead atoms. The smallest absolute Gasteiger partial charge is 0.253 e. The molecule has 2 aromatic carbocycles. The van der Waals surface area contributed by atoms with Crippen LogP contribution in [0.5, 0.6) is 11.5 Å². The van der Waals surface area contributed by atoms with Gasteiger partial charge >= 0.3 is 0 Å². The van der Waals surface area contributed by atoms with Crippen LogP contribution in [-0.2, 0) is 11.3 Å². The van der Waals surface area contributed by atoms with Gasteiger partial charge < -0.3 is 10.1 Å². The van der Waals surface area contributed by atoms with Gasteiger partial charge in [0.05, 0.1) is 12.2 Å². The Morgan fingerprint density at radius 1 is 1.11 bits per heavy atom. The van der Waals surface area contributed by atoms with E-state index in [1.54, 1.807) is 6.92 Å². The van der Waals surface area contributed by atoms with Gasteiger partial charge in [-0.1, -0.05) is 36.4 Å².